The van der Waals surface area contributed by atoms with Crippen molar-refractivity contribution in [1.29, 1.82) is 0 Å². The number of unbranched alkanes of at least 4 members (excludes halogenated alkanes) is 18. The summed E-state index contributed by atoms with van der Waals surface area (Å²) in [5.41, 5.74) is 1.09. The van der Waals surface area contributed by atoms with Crippen molar-refractivity contribution >= 4 is 12.0 Å². The summed E-state index contributed by atoms with van der Waals surface area (Å²) in [6.45, 7) is 8.04. The summed E-state index contributed by atoms with van der Waals surface area (Å²) in [6.07, 6.45) is 20.7. The number of aromatic nitrogens is 2. The van der Waals surface area contributed by atoms with Crippen LogP contribution in [-0.2, 0) is 6.18 Å². The van der Waals surface area contributed by atoms with Gasteiger partial charge in [-0.1, -0.05) is 129 Å². The summed E-state index contributed by atoms with van der Waals surface area (Å²) in [4.78, 5) is 17.0. The number of anilines is 1. The fourth-order valence-corrected chi connectivity index (χ4v) is 5.96. The number of rotatable bonds is 25. The molecular formula is C36H58F3N3O2. The summed E-state index contributed by atoms with van der Waals surface area (Å²) < 4.78 is 41.8. The van der Waals surface area contributed by atoms with Gasteiger partial charge in [0, 0.05) is 18.8 Å². The molecule has 0 aliphatic heterocycles. The van der Waals surface area contributed by atoms with Crippen molar-refractivity contribution in [3.8, 4) is 11.6 Å². The molecule has 2 rings (SSSR count). The number of carbonyl (C=O) groups excluding carboxylic acids is 1. The number of carbonyl (C=O) groups is 1. The largest absolute Gasteiger partial charge is 0.493 e. The van der Waals surface area contributed by atoms with Gasteiger partial charge in [0.15, 0.2) is 12.0 Å². The van der Waals surface area contributed by atoms with Crippen LogP contribution in [0.2, 0.25) is 0 Å². The minimum absolute atomic E-state index is 0.144. The quantitative estimate of drug-likeness (QED) is 0.0885. The lowest BCUT2D eigenvalue weighted by molar-refractivity contribution is -0.146. The summed E-state index contributed by atoms with van der Waals surface area (Å²) in [5, 5.41) is 10.4. The SMILES string of the molecule is CCCCCCCCCCCCN(CCCCCCCCCCCC)c1ccc(-n2c(C(F)(F)F)nc(C=O)c2O)c(C)c1. The van der Waals surface area contributed by atoms with E-state index in [-0.39, 0.29) is 12.0 Å². The van der Waals surface area contributed by atoms with Crippen molar-refractivity contribution in [2.45, 2.75) is 155 Å². The minimum Gasteiger partial charge on any atom is -0.493 e. The summed E-state index contributed by atoms with van der Waals surface area (Å²) in [6, 6.07) is 5.32. The maximum absolute atomic E-state index is 13.7. The van der Waals surface area contributed by atoms with Crippen LogP contribution < -0.4 is 4.90 Å². The monoisotopic (exact) mass is 621 g/mol. The Labute approximate surface area is 264 Å². The molecule has 0 fully saturated rings. The van der Waals surface area contributed by atoms with E-state index in [1.165, 1.54) is 116 Å². The number of hydrogen-bond acceptors (Lipinski definition) is 4. The third-order valence-corrected chi connectivity index (χ3v) is 8.59. The van der Waals surface area contributed by atoms with Gasteiger partial charge in [-0.2, -0.15) is 13.2 Å². The lowest BCUT2D eigenvalue weighted by Gasteiger charge is -2.26. The van der Waals surface area contributed by atoms with Crippen molar-refractivity contribution in [2.24, 2.45) is 0 Å². The third-order valence-electron chi connectivity index (χ3n) is 8.59. The summed E-state index contributed by atoms with van der Waals surface area (Å²) in [7, 11) is 0. The van der Waals surface area contributed by atoms with Crippen LogP contribution in [0.1, 0.15) is 164 Å². The molecule has 8 heteroatoms. The number of hydrogen-bond donors (Lipinski definition) is 1. The van der Waals surface area contributed by atoms with Gasteiger partial charge in [-0.05, 0) is 43.5 Å². The molecule has 1 aromatic carbocycles. The number of aryl methyl sites for hydroxylation is 1. The number of aldehydes is 1. The van der Waals surface area contributed by atoms with E-state index in [1.54, 1.807) is 13.0 Å². The zero-order valence-corrected chi connectivity index (χ0v) is 27.7. The van der Waals surface area contributed by atoms with E-state index in [0.29, 0.717) is 10.1 Å². The average Bonchev–Trinajstić information content (AvgIpc) is 3.34. The molecule has 5 nitrogen and oxygen atoms in total. The van der Waals surface area contributed by atoms with Gasteiger partial charge < -0.3 is 10.0 Å². The number of aromatic hydroxyl groups is 1. The Kier molecular flexibility index (Phi) is 18.2. The van der Waals surface area contributed by atoms with E-state index in [4.69, 9.17) is 0 Å². The van der Waals surface area contributed by atoms with E-state index < -0.39 is 23.6 Å². The lowest BCUT2D eigenvalue weighted by atomic mass is 10.1. The minimum atomic E-state index is -4.82. The van der Waals surface area contributed by atoms with Crippen LogP contribution in [0.4, 0.5) is 18.9 Å². The molecular weight excluding hydrogens is 563 g/mol. The summed E-state index contributed by atoms with van der Waals surface area (Å²) >= 11 is 0. The van der Waals surface area contributed by atoms with E-state index in [1.807, 2.05) is 12.1 Å². The molecule has 0 saturated heterocycles. The topological polar surface area (TPSA) is 58.4 Å². The number of benzene rings is 1. The second-order valence-corrected chi connectivity index (χ2v) is 12.4. The number of nitrogens with zero attached hydrogens (tertiary/aromatic N) is 3. The van der Waals surface area contributed by atoms with Gasteiger partial charge in [-0.15, -0.1) is 0 Å². The van der Waals surface area contributed by atoms with Crippen LogP contribution in [0, 0.1) is 6.92 Å². The number of halogens is 3. The molecule has 250 valence electrons. The summed E-state index contributed by atoms with van der Waals surface area (Å²) in [5.74, 6) is -2.10. The highest BCUT2D eigenvalue weighted by molar-refractivity contribution is 5.76. The van der Waals surface area contributed by atoms with Gasteiger partial charge in [-0.3, -0.25) is 9.36 Å². The highest BCUT2D eigenvalue weighted by Gasteiger charge is 2.40. The Morgan fingerprint density at radius 2 is 1.18 bits per heavy atom. The number of imidazole rings is 1. The molecule has 0 aliphatic carbocycles. The Morgan fingerprint density at radius 1 is 0.750 bits per heavy atom. The van der Waals surface area contributed by atoms with E-state index >= 15 is 0 Å². The molecule has 0 radical (unpaired) electrons. The molecule has 0 unspecified atom stereocenters. The van der Waals surface area contributed by atoms with Gasteiger partial charge in [0.05, 0.1) is 5.69 Å². The average molecular weight is 622 g/mol. The second-order valence-electron chi connectivity index (χ2n) is 12.4. The normalized spacial score (nSPS) is 11.8. The molecule has 0 amide bonds. The standard InChI is InChI=1S/C36H58F3N3O2/c1-4-6-8-10-12-14-16-18-20-22-26-41(27-23-21-19-17-15-13-11-9-7-5-2)31-24-25-33(30(3)28-31)42-34(44)32(29-43)40-35(42)36(37,38)39/h24-25,28-29,44H,4-23,26-27H2,1-3H3. The van der Waals surface area contributed by atoms with Crippen molar-refractivity contribution < 1.29 is 23.1 Å². The first kappa shape index (κ1) is 37.7. The zero-order valence-electron chi connectivity index (χ0n) is 27.7. The molecule has 1 aromatic heterocycles. The van der Waals surface area contributed by atoms with E-state index in [2.05, 4.69) is 23.7 Å². The zero-order chi connectivity index (χ0) is 32.2. The van der Waals surface area contributed by atoms with Crippen molar-refractivity contribution in [1.82, 2.24) is 9.55 Å². The predicted molar refractivity (Wildman–Crippen MR) is 176 cm³/mol. The molecule has 44 heavy (non-hydrogen) atoms. The highest BCUT2D eigenvalue weighted by Crippen LogP contribution is 2.36. The fourth-order valence-electron chi connectivity index (χ4n) is 5.96. The Morgan fingerprint density at radius 3 is 1.57 bits per heavy atom. The first-order valence-electron chi connectivity index (χ1n) is 17.4. The molecule has 1 N–H and O–H groups in total. The van der Waals surface area contributed by atoms with Gasteiger partial charge >= 0.3 is 6.18 Å². The lowest BCUT2D eigenvalue weighted by Crippen LogP contribution is -2.26. The number of alkyl halides is 3. The fraction of sp³-hybridized carbons (Fsp3) is 0.722. The van der Waals surface area contributed by atoms with Crippen molar-refractivity contribution in [3.63, 3.8) is 0 Å². The molecule has 0 atom stereocenters. The maximum atomic E-state index is 13.7. The molecule has 1 heterocycles. The first-order valence-corrected chi connectivity index (χ1v) is 17.4. The third kappa shape index (κ3) is 13.2. The highest BCUT2D eigenvalue weighted by atomic mass is 19.4. The van der Waals surface area contributed by atoms with Gasteiger partial charge in [-0.25, -0.2) is 4.98 Å². The molecule has 0 bridgehead atoms. The second kappa shape index (κ2) is 21.3. The van der Waals surface area contributed by atoms with Gasteiger partial charge in [0.2, 0.25) is 11.7 Å². The molecule has 0 saturated carbocycles. The van der Waals surface area contributed by atoms with Crippen molar-refractivity contribution in [3.05, 3.63) is 35.3 Å². The van der Waals surface area contributed by atoms with E-state index in [9.17, 15) is 23.1 Å². The van der Waals surface area contributed by atoms with Gasteiger partial charge in [0.25, 0.3) is 0 Å². The molecule has 0 spiro atoms. The van der Waals surface area contributed by atoms with Crippen LogP contribution in [0.15, 0.2) is 18.2 Å². The van der Waals surface area contributed by atoms with Crippen LogP contribution in [0.5, 0.6) is 5.88 Å². The van der Waals surface area contributed by atoms with E-state index in [0.717, 1.165) is 31.6 Å². The van der Waals surface area contributed by atoms with Crippen LogP contribution in [0.3, 0.4) is 0 Å². The Bertz CT molecular complexity index is 1040. The van der Waals surface area contributed by atoms with Crippen LogP contribution >= 0.6 is 0 Å². The van der Waals surface area contributed by atoms with Crippen LogP contribution in [-0.4, -0.2) is 34.0 Å². The molecule has 2 aromatic rings. The Balaban J connectivity index is 2.01. The molecule has 0 aliphatic rings. The smallest absolute Gasteiger partial charge is 0.450 e. The Hall–Kier alpha value is -2.51. The van der Waals surface area contributed by atoms with Crippen LogP contribution in [0.25, 0.3) is 5.69 Å². The van der Waals surface area contributed by atoms with Crippen molar-refractivity contribution in [2.75, 3.05) is 18.0 Å². The first-order chi connectivity index (χ1) is 21.2. The maximum Gasteiger partial charge on any atom is 0.450 e. The predicted octanol–water partition coefficient (Wildman–Crippen LogP) is 11.4. The van der Waals surface area contributed by atoms with Gasteiger partial charge in [0.1, 0.15) is 0 Å².